The zero-order valence-corrected chi connectivity index (χ0v) is 12.9. The van der Waals surface area contributed by atoms with Gasteiger partial charge in [-0.1, -0.05) is 26.0 Å². The highest BCUT2D eigenvalue weighted by molar-refractivity contribution is 5.31. The van der Waals surface area contributed by atoms with Crippen molar-refractivity contribution in [2.45, 2.75) is 51.2 Å². The number of benzene rings is 1. The monoisotopic (exact) mass is 277 g/mol. The van der Waals surface area contributed by atoms with Gasteiger partial charge in [0.15, 0.2) is 0 Å². The standard InChI is InChI=1S/C17H27NO2/c1-4-11-18-15-10-12-20-17(5-2,13-15)14-6-8-16(19-3)9-7-14/h6-9,15,18H,4-5,10-13H2,1-3H3. The Bertz CT molecular complexity index is 404. The average Bonchev–Trinajstić information content (AvgIpc) is 2.53. The van der Waals surface area contributed by atoms with Crippen LogP contribution in [-0.2, 0) is 10.3 Å². The second kappa shape index (κ2) is 7.09. The lowest BCUT2D eigenvalue weighted by atomic mass is 9.82. The molecule has 2 atom stereocenters. The van der Waals surface area contributed by atoms with E-state index < -0.39 is 0 Å². The van der Waals surface area contributed by atoms with Crippen molar-refractivity contribution in [2.75, 3.05) is 20.3 Å². The lowest BCUT2D eigenvalue weighted by Gasteiger charge is -2.41. The van der Waals surface area contributed by atoms with Crippen molar-refractivity contribution in [1.82, 2.24) is 5.32 Å². The highest BCUT2D eigenvalue weighted by Crippen LogP contribution is 2.38. The summed E-state index contributed by atoms with van der Waals surface area (Å²) in [5.74, 6) is 0.900. The predicted molar refractivity (Wildman–Crippen MR) is 82.2 cm³/mol. The summed E-state index contributed by atoms with van der Waals surface area (Å²) >= 11 is 0. The van der Waals surface area contributed by atoms with Crippen LogP contribution >= 0.6 is 0 Å². The zero-order valence-electron chi connectivity index (χ0n) is 12.9. The molecule has 2 rings (SSSR count). The van der Waals surface area contributed by atoms with E-state index in [9.17, 15) is 0 Å². The molecule has 1 aliphatic rings. The smallest absolute Gasteiger partial charge is 0.118 e. The summed E-state index contributed by atoms with van der Waals surface area (Å²) in [6, 6.07) is 8.90. The first-order chi connectivity index (χ1) is 9.74. The first-order valence-corrected chi connectivity index (χ1v) is 7.76. The lowest BCUT2D eigenvalue weighted by Crippen LogP contribution is -2.45. The van der Waals surface area contributed by atoms with Crippen molar-refractivity contribution < 1.29 is 9.47 Å². The number of rotatable bonds is 6. The molecule has 1 N–H and O–H groups in total. The van der Waals surface area contributed by atoms with Gasteiger partial charge in [0, 0.05) is 12.6 Å². The molecule has 0 saturated carbocycles. The summed E-state index contributed by atoms with van der Waals surface area (Å²) in [5, 5.41) is 3.65. The van der Waals surface area contributed by atoms with Crippen LogP contribution in [0.5, 0.6) is 5.75 Å². The van der Waals surface area contributed by atoms with Crippen molar-refractivity contribution in [3.8, 4) is 5.75 Å². The van der Waals surface area contributed by atoms with Crippen molar-refractivity contribution in [3.63, 3.8) is 0 Å². The molecule has 1 aliphatic heterocycles. The molecule has 1 saturated heterocycles. The molecule has 20 heavy (non-hydrogen) atoms. The molecule has 112 valence electrons. The summed E-state index contributed by atoms with van der Waals surface area (Å²) in [4.78, 5) is 0. The van der Waals surface area contributed by atoms with E-state index in [-0.39, 0.29) is 5.60 Å². The molecule has 0 radical (unpaired) electrons. The molecule has 1 aromatic rings. The van der Waals surface area contributed by atoms with Crippen LogP contribution in [-0.4, -0.2) is 26.3 Å². The zero-order chi connectivity index (χ0) is 14.4. The second-order valence-corrected chi connectivity index (χ2v) is 5.57. The van der Waals surface area contributed by atoms with E-state index in [1.807, 2.05) is 12.1 Å². The summed E-state index contributed by atoms with van der Waals surface area (Å²) in [5.41, 5.74) is 1.12. The van der Waals surface area contributed by atoms with Gasteiger partial charge in [0.1, 0.15) is 5.75 Å². The third-order valence-electron chi connectivity index (χ3n) is 4.29. The Morgan fingerprint density at radius 1 is 1.30 bits per heavy atom. The Labute approximate surface area is 122 Å². The Hall–Kier alpha value is -1.06. The minimum atomic E-state index is -0.143. The molecule has 1 fully saturated rings. The average molecular weight is 277 g/mol. The predicted octanol–water partition coefficient (Wildman–Crippen LogP) is 3.48. The quantitative estimate of drug-likeness (QED) is 0.863. The van der Waals surface area contributed by atoms with Crippen molar-refractivity contribution in [3.05, 3.63) is 29.8 Å². The van der Waals surface area contributed by atoms with Crippen LogP contribution in [0.3, 0.4) is 0 Å². The van der Waals surface area contributed by atoms with Gasteiger partial charge in [-0.2, -0.15) is 0 Å². The van der Waals surface area contributed by atoms with E-state index in [4.69, 9.17) is 9.47 Å². The number of methoxy groups -OCH3 is 1. The molecular formula is C17H27NO2. The first-order valence-electron chi connectivity index (χ1n) is 7.76. The van der Waals surface area contributed by atoms with Crippen LogP contribution in [0.15, 0.2) is 24.3 Å². The maximum absolute atomic E-state index is 6.20. The van der Waals surface area contributed by atoms with Gasteiger partial charge in [-0.25, -0.2) is 0 Å². The van der Waals surface area contributed by atoms with E-state index >= 15 is 0 Å². The Morgan fingerprint density at radius 3 is 2.65 bits per heavy atom. The molecule has 0 bridgehead atoms. The van der Waals surface area contributed by atoms with Gasteiger partial charge in [-0.3, -0.25) is 0 Å². The Morgan fingerprint density at radius 2 is 2.05 bits per heavy atom. The first kappa shape index (κ1) is 15.3. The minimum Gasteiger partial charge on any atom is -0.497 e. The summed E-state index contributed by atoms with van der Waals surface area (Å²) < 4.78 is 11.4. The fraction of sp³-hybridized carbons (Fsp3) is 0.647. The fourth-order valence-corrected chi connectivity index (χ4v) is 3.02. The van der Waals surface area contributed by atoms with E-state index in [2.05, 4.69) is 31.3 Å². The van der Waals surface area contributed by atoms with Gasteiger partial charge in [0.25, 0.3) is 0 Å². The molecule has 1 heterocycles. The van der Waals surface area contributed by atoms with Gasteiger partial charge in [0.2, 0.25) is 0 Å². The van der Waals surface area contributed by atoms with E-state index in [0.717, 1.165) is 38.2 Å². The maximum Gasteiger partial charge on any atom is 0.118 e. The Kier molecular flexibility index (Phi) is 5.44. The topological polar surface area (TPSA) is 30.5 Å². The summed E-state index contributed by atoms with van der Waals surface area (Å²) in [7, 11) is 1.70. The van der Waals surface area contributed by atoms with Crippen LogP contribution in [0, 0.1) is 0 Å². The van der Waals surface area contributed by atoms with Gasteiger partial charge in [-0.05, 0) is 49.9 Å². The molecule has 0 spiro atoms. The highest BCUT2D eigenvalue weighted by atomic mass is 16.5. The van der Waals surface area contributed by atoms with Crippen LogP contribution in [0.2, 0.25) is 0 Å². The number of hydrogen-bond donors (Lipinski definition) is 1. The summed E-state index contributed by atoms with van der Waals surface area (Å²) in [6.45, 7) is 6.35. The molecular weight excluding hydrogens is 250 g/mol. The van der Waals surface area contributed by atoms with Gasteiger partial charge < -0.3 is 14.8 Å². The van der Waals surface area contributed by atoms with Crippen LogP contribution in [0.1, 0.15) is 45.1 Å². The molecule has 1 aromatic carbocycles. The van der Waals surface area contributed by atoms with Crippen LogP contribution in [0.25, 0.3) is 0 Å². The van der Waals surface area contributed by atoms with Gasteiger partial charge in [-0.15, -0.1) is 0 Å². The van der Waals surface area contributed by atoms with Gasteiger partial charge >= 0.3 is 0 Å². The van der Waals surface area contributed by atoms with Crippen molar-refractivity contribution >= 4 is 0 Å². The van der Waals surface area contributed by atoms with Crippen LogP contribution < -0.4 is 10.1 Å². The van der Waals surface area contributed by atoms with Gasteiger partial charge in [0.05, 0.1) is 12.7 Å². The van der Waals surface area contributed by atoms with E-state index in [1.54, 1.807) is 7.11 Å². The third kappa shape index (κ3) is 3.33. The van der Waals surface area contributed by atoms with Crippen LogP contribution in [0.4, 0.5) is 0 Å². The molecule has 3 heteroatoms. The Balaban J connectivity index is 2.14. The fourth-order valence-electron chi connectivity index (χ4n) is 3.02. The van der Waals surface area contributed by atoms with E-state index in [1.165, 1.54) is 12.0 Å². The molecule has 3 nitrogen and oxygen atoms in total. The highest BCUT2D eigenvalue weighted by Gasteiger charge is 2.37. The number of nitrogens with one attached hydrogen (secondary N) is 1. The lowest BCUT2D eigenvalue weighted by molar-refractivity contribution is -0.0968. The minimum absolute atomic E-state index is 0.143. The molecule has 0 aromatic heterocycles. The summed E-state index contributed by atoms with van der Waals surface area (Å²) in [6.07, 6.45) is 4.34. The maximum atomic E-state index is 6.20. The van der Waals surface area contributed by atoms with E-state index in [0.29, 0.717) is 6.04 Å². The largest absolute Gasteiger partial charge is 0.497 e. The normalized spacial score (nSPS) is 26.4. The molecule has 2 unspecified atom stereocenters. The third-order valence-corrected chi connectivity index (χ3v) is 4.29. The number of hydrogen-bond acceptors (Lipinski definition) is 3. The number of ether oxygens (including phenoxy) is 2. The SMILES string of the molecule is CCCNC1CCOC(CC)(c2ccc(OC)cc2)C1. The van der Waals surface area contributed by atoms with Crippen molar-refractivity contribution in [1.29, 1.82) is 0 Å². The van der Waals surface area contributed by atoms with Crippen molar-refractivity contribution in [2.24, 2.45) is 0 Å². The molecule has 0 aliphatic carbocycles. The second-order valence-electron chi connectivity index (χ2n) is 5.57. The molecule has 0 amide bonds.